The Labute approximate surface area is 132 Å². The molecule has 0 N–H and O–H groups in total. The molecule has 1 aromatic rings. The molecule has 0 radical (unpaired) electrons. The van der Waals surface area contributed by atoms with E-state index in [1.165, 1.54) is 6.26 Å². The van der Waals surface area contributed by atoms with Crippen LogP contribution in [0.2, 0.25) is 5.02 Å². The highest BCUT2D eigenvalue weighted by Gasteiger charge is 2.27. The Hall–Kier alpha value is -0.930. The maximum absolute atomic E-state index is 10.6. The molecule has 0 unspecified atom stereocenters. The number of hydrogen-bond acceptors (Lipinski definition) is 4. The average molecular weight is 331 g/mol. The summed E-state index contributed by atoms with van der Waals surface area (Å²) in [5, 5.41) is 0.651. The van der Waals surface area contributed by atoms with Gasteiger partial charge >= 0.3 is 8.69 Å². The van der Waals surface area contributed by atoms with Crippen LogP contribution in [0.5, 0.6) is 0 Å². The van der Waals surface area contributed by atoms with Gasteiger partial charge in [-0.05, 0) is 38.5 Å². The third-order valence-corrected chi connectivity index (χ3v) is 3.31. The van der Waals surface area contributed by atoms with Crippen LogP contribution in [-0.2, 0) is 18.6 Å². The highest BCUT2D eigenvalue weighted by molar-refractivity contribution is 7.17. The molecule has 0 fully saturated rings. The fourth-order valence-corrected chi connectivity index (χ4v) is 2.36. The van der Waals surface area contributed by atoms with E-state index >= 15 is 0 Å². The van der Waals surface area contributed by atoms with Gasteiger partial charge in [0, 0.05) is 30.2 Å². The second-order valence-electron chi connectivity index (χ2n) is 4.51. The normalized spacial score (nSPS) is 12.7. The van der Waals surface area contributed by atoms with Crippen LogP contribution in [0.15, 0.2) is 30.5 Å². The van der Waals surface area contributed by atoms with Crippen LogP contribution >= 0.6 is 20.3 Å². The van der Waals surface area contributed by atoms with Crippen molar-refractivity contribution in [1.29, 1.82) is 0 Å². The molecule has 0 atom stereocenters. The second kappa shape index (κ2) is 9.16. The number of ether oxygens (including phenoxy) is 2. The Morgan fingerprint density at radius 2 is 1.81 bits per heavy atom. The van der Waals surface area contributed by atoms with Crippen LogP contribution in [0.1, 0.15) is 32.8 Å². The van der Waals surface area contributed by atoms with Crippen LogP contribution < -0.4 is 0 Å². The van der Waals surface area contributed by atoms with Crippen molar-refractivity contribution in [2.75, 3.05) is 13.2 Å². The summed E-state index contributed by atoms with van der Waals surface area (Å²) in [4.78, 5) is 0. The molecule has 4 nitrogen and oxygen atoms in total. The first-order valence-electron chi connectivity index (χ1n) is 6.76. The molecule has 0 spiro atoms. The lowest BCUT2D eigenvalue weighted by Gasteiger charge is -2.30. The molecule has 0 aliphatic rings. The van der Waals surface area contributed by atoms with Gasteiger partial charge in [-0.2, -0.15) is 0 Å². The molecule has 0 aliphatic heterocycles. The van der Waals surface area contributed by atoms with Gasteiger partial charge in [0.2, 0.25) is 0 Å². The van der Waals surface area contributed by atoms with E-state index in [1.807, 2.05) is 32.9 Å². The Morgan fingerprint density at radius 3 is 2.29 bits per heavy atom. The summed E-state index contributed by atoms with van der Waals surface area (Å²) in [6, 6.07) is 7.33. The van der Waals surface area contributed by atoms with Crippen LogP contribution in [0.25, 0.3) is 5.57 Å². The number of hydrogen-bond donors (Lipinski definition) is 0. The quantitative estimate of drug-likeness (QED) is 0.359. The first-order chi connectivity index (χ1) is 10.0. The van der Waals surface area contributed by atoms with Crippen molar-refractivity contribution >= 4 is 25.9 Å². The molecular formula is C15H20ClO4P. The SMILES string of the molecule is CCOC(C)(CC(=COP=O)c1ccc(Cl)cc1)OCC. The van der Waals surface area contributed by atoms with Crippen molar-refractivity contribution in [2.45, 2.75) is 33.0 Å². The molecular weight excluding hydrogens is 311 g/mol. The van der Waals surface area contributed by atoms with E-state index in [0.29, 0.717) is 24.7 Å². The van der Waals surface area contributed by atoms with E-state index < -0.39 is 14.5 Å². The standard InChI is InChI=1S/C15H20ClO4P/c1-4-18-15(3,19-5-2)10-13(11-20-21-17)12-6-8-14(16)9-7-12/h6-9,11H,4-5,10H2,1-3H3. The summed E-state index contributed by atoms with van der Waals surface area (Å²) in [6.45, 7) is 6.76. The molecule has 6 heteroatoms. The van der Waals surface area contributed by atoms with Gasteiger partial charge in [-0.1, -0.05) is 23.7 Å². The lowest BCUT2D eigenvalue weighted by Crippen LogP contribution is -2.32. The predicted octanol–water partition coefficient (Wildman–Crippen LogP) is 5.08. The highest BCUT2D eigenvalue weighted by atomic mass is 35.5. The molecule has 116 valence electrons. The van der Waals surface area contributed by atoms with Crippen LogP contribution in [0.3, 0.4) is 0 Å². The monoisotopic (exact) mass is 330 g/mol. The van der Waals surface area contributed by atoms with Crippen molar-refractivity contribution in [3.63, 3.8) is 0 Å². The van der Waals surface area contributed by atoms with Crippen molar-refractivity contribution in [3.05, 3.63) is 41.1 Å². The van der Waals surface area contributed by atoms with Crippen LogP contribution in [0, 0.1) is 0 Å². The first-order valence-corrected chi connectivity index (χ1v) is 7.87. The lowest BCUT2D eigenvalue weighted by atomic mass is 9.99. The van der Waals surface area contributed by atoms with Gasteiger partial charge in [0.1, 0.15) is 6.26 Å². The van der Waals surface area contributed by atoms with E-state index in [4.69, 9.17) is 25.6 Å². The number of halogens is 1. The molecule has 0 amide bonds. The van der Waals surface area contributed by atoms with E-state index in [1.54, 1.807) is 12.1 Å². The van der Waals surface area contributed by atoms with E-state index in [0.717, 1.165) is 11.1 Å². The van der Waals surface area contributed by atoms with Crippen molar-refractivity contribution in [2.24, 2.45) is 0 Å². The van der Waals surface area contributed by atoms with Gasteiger partial charge in [0.25, 0.3) is 0 Å². The summed E-state index contributed by atoms with van der Waals surface area (Å²) >= 11 is 5.90. The predicted molar refractivity (Wildman–Crippen MR) is 84.4 cm³/mol. The maximum atomic E-state index is 10.6. The maximum Gasteiger partial charge on any atom is 0.395 e. The summed E-state index contributed by atoms with van der Waals surface area (Å²) in [7, 11) is -0.403. The van der Waals surface area contributed by atoms with Gasteiger partial charge in [-0.25, -0.2) is 4.57 Å². The Morgan fingerprint density at radius 1 is 1.24 bits per heavy atom. The third kappa shape index (κ3) is 6.15. The molecule has 0 aromatic heterocycles. The summed E-state index contributed by atoms with van der Waals surface area (Å²) < 4.78 is 26.9. The van der Waals surface area contributed by atoms with E-state index in [-0.39, 0.29) is 0 Å². The van der Waals surface area contributed by atoms with Gasteiger partial charge in [-0.15, -0.1) is 0 Å². The molecule has 0 aliphatic carbocycles. The zero-order valence-corrected chi connectivity index (χ0v) is 14.1. The summed E-state index contributed by atoms with van der Waals surface area (Å²) in [5.74, 6) is -0.766. The first kappa shape index (κ1) is 18.1. The largest absolute Gasteiger partial charge is 0.415 e. The number of benzene rings is 1. The van der Waals surface area contributed by atoms with Gasteiger partial charge < -0.3 is 14.0 Å². The van der Waals surface area contributed by atoms with Gasteiger partial charge in [0.15, 0.2) is 5.79 Å². The molecule has 21 heavy (non-hydrogen) atoms. The van der Waals surface area contributed by atoms with Crippen molar-refractivity contribution in [1.82, 2.24) is 0 Å². The minimum absolute atomic E-state index is 0.403. The molecule has 0 saturated carbocycles. The second-order valence-corrected chi connectivity index (χ2v) is 5.30. The van der Waals surface area contributed by atoms with E-state index in [2.05, 4.69) is 0 Å². The fraction of sp³-hybridized carbons (Fsp3) is 0.467. The van der Waals surface area contributed by atoms with Crippen molar-refractivity contribution in [3.8, 4) is 0 Å². The molecule has 0 saturated heterocycles. The lowest BCUT2D eigenvalue weighted by molar-refractivity contribution is -0.216. The fourth-order valence-electron chi connectivity index (χ4n) is 2.06. The third-order valence-electron chi connectivity index (χ3n) is 2.86. The van der Waals surface area contributed by atoms with Crippen molar-refractivity contribution < 1.29 is 18.6 Å². The van der Waals surface area contributed by atoms with Crippen LogP contribution in [0.4, 0.5) is 0 Å². The minimum Gasteiger partial charge on any atom is -0.415 e. The molecule has 1 rings (SSSR count). The minimum atomic E-state index is -0.766. The van der Waals surface area contributed by atoms with Crippen LogP contribution in [-0.4, -0.2) is 19.0 Å². The molecule has 0 heterocycles. The van der Waals surface area contributed by atoms with Gasteiger partial charge in [-0.3, -0.25) is 0 Å². The zero-order chi connectivity index (χ0) is 15.7. The summed E-state index contributed by atoms with van der Waals surface area (Å²) in [6.07, 6.45) is 1.92. The zero-order valence-electron chi connectivity index (χ0n) is 12.5. The molecule has 0 bridgehead atoms. The molecule has 1 aromatic carbocycles. The number of rotatable bonds is 9. The smallest absolute Gasteiger partial charge is 0.395 e. The van der Waals surface area contributed by atoms with Gasteiger partial charge in [0.05, 0.1) is 0 Å². The highest BCUT2D eigenvalue weighted by Crippen LogP contribution is 2.30. The average Bonchev–Trinajstić information content (AvgIpc) is 2.45. The summed E-state index contributed by atoms with van der Waals surface area (Å²) in [5.41, 5.74) is 1.73. The topological polar surface area (TPSA) is 44.8 Å². The Bertz CT molecular complexity index is 467. The Balaban J connectivity index is 3.02. The Kier molecular flexibility index (Phi) is 7.91. The van der Waals surface area contributed by atoms with E-state index in [9.17, 15) is 4.57 Å².